The highest BCUT2D eigenvalue weighted by Gasteiger charge is 2.22. The summed E-state index contributed by atoms with van der Waals surface area (Å²) >= 11 is 0. The van der Waals surface area contributed by atoms with E-state index in [0.717, 1.165) is 23.4 Å². The number of hydrogen-bond acceptors (Lipinski definition) is 4. The van der Waals surface area contributed by atoms with E-state index in [2.05, 4.69) is 40.7 Å². The van der Waals surface area contributed by atoms with E-state index in [0.29, 0.717) is 51.3 Å². The van der Waals surface area contributed by atoms with Crippen molar-refractivity contribution in [3.05, 3.63) is 89.6 Å². The number of benzene rings is 2. The number of aryl methyl sites for hydroxylation is 2. The molecule has 0 spiro atoms. The maximum atomic E-state index is 14.1. The maximum Gasteiger partial charge on any atom is 0.222 e. The van der Waals surface area contributed by atoms with Gasteiger partial charge in [-0.25, -0.2) is 14.4 Å². The van der Waals surface area contributed by atoms with Crippen molar-refractivity contribution in [1.82, 2.24) is 19.4 Å². The van der Waals surface area contributed by atoms with E-state index in [4.69, 9.17) is 4.98 Å². The number of carbonyl (C=O) groups is 1. The Morgan fingerprint density at radius 1 is 0.971 bits per heavy atom. The molecule has 4 aromatic rings. The third-order valence-corrected chi connectivity index (χ3v) is 6.66. The van der Waals surface area contributed by atoms with Crippen LogP contribution in [0.3, 0.4) is 0 Å². The summed E-state index contributed by atoms with van der Waals surface area (Å²) in [6.07, 6.45) is 3.71. The molecule has 180 valence electrons. The molecule has 0 aliphatic carbocycles. The van der Waals surface area contributed by atoms with Gasteiger partial charge in [0.25, 0.3) is 0 Å². The molecule has 1 aliphatic heterocycles. The first-order chi connectivity index (χ1) is 17.1. The number of piperazine rings is 1. The minimum absolute atomic E-state index is 0.150. The van der Waals surface area contributed by atoms with Crippen LogP contribution in [0.1, 0.15) is 29.8 Å². The number of hydrogen-bond donors (Lipinski definition) is 0. The number of nitrogens with zero attached hydrogens (tertiary/aromatic N) is 5. The Labute approximate surface area is 205 Å². The lowest BCUT2D eigenvalue weighted by Gasteiger charge is -2.36. The van der Waals surface area contributed by atoms with Crippen LogP contribution in [0.15, 0.2) is 66.9 Å². The Morgan fingerprint density at radius 3 is 2.51 bits per heavy atom. The quantitative estimate of drug-likeness (QED) is 0.395. The van der Waals surface area contributed by atoms with E-state index in [-0.39, 0.29) is 11.7 Å². The van der Waals surface area contributed by atoms with Crippen molar-refractivity contribution in [2.45, 2.75) is 32.7 Å². The van der Waals surface area contributed by atoms with Gasteiger partial charge in [-0.05, 0) is 43.2 Å². The van der Waals surface area contributed by atoms with E-state index in [1.807, 2.05) is 28.0 Å². The first-order valence-electron chi connectivity index (χ1n) is 12.2. The summed E-state index contributed by atoms with van der Waals surface area (Å²) in [5.41, 5.74) is 4.80. The second-order valence-electron chi connectivity index (χ2n) is 9.12. The largest absolute Gasteiger partial charge is 0.366 e. The normalized spacial score (nSPS) is 14.0. The minimum Gasteiger partial charge on any atom is -0.366 e. The molecule has 35 heavy (non-hydrogen) atoms. The van der Waals surface area contributed by atoms with Gasteiger partial charge in [0.1, 0.15) is 17.2 Å². The lowest BCUT2D eigenvalue weighted by molar-refractivity contribution is -0.131. The van der Waals surface area contributed by atoms with E-state index in [1.165, 1.54) is 17.2 Å². The maximum absolute atomic E-state index is 14.1. The summed E-state index contributed by atoms with van der Waals surface area (Å²) in [6.45, 7) is 5.30. The monoisotopic (exact) mass is 471 g/mol. The van der Waals surface area contributed by atoms with Crippen molar-refractivity contribution in [1.29, 1.82) is 0 Å². The molecule has 6 nitrogen and oxygen atoms in total. The van der Waals surface area contributed by atoms with Gasteiger partial charge in [0, 0.05) is 45.2 Å². The standard InChI is InChI=1S/C28H30FN5O/c1-21-11-13-22(14-12-21)20-34-26(31-24-7-5-15-30-28(24)34)9-4-10-27(35)33-18-16-32(17-19-33)25-8-3-2-6-23(25)29/h2-3,5-8,11-15H,4,9-10,16-20H2,1H3. The number of pyridine rings is 1. The van der Waals surface area contributed by atoms with Crippen molar-refractivity contribution in [3.8, 4) is 0 Å². The van der Waals surface area contributed by atoms with Crippen molar-refractivity contribution in [2.24, 2.45) is 0 Å². The second kappa shape index (κ2) is 10.3. The Hall–Kier alpha value is -3.74. The zero-order chi connectivity index (χ0) is 24.2. The number of aromatic nitrogens is 3. The van der Waals surface area contributed by atoms with Crippen LogP contribution in [0.25, 0.3) is 11.2 Å². The van der Waals surface area contributed by atoms with Gasteiger partial charge in [-0.3, -0.25) is 4.79 Å². The molecule has 1 saturated heterocycles. The summed E-state index contributed by atoms with van der Waals surface area (Å²) in [7, 11) is 0. The lowest BCUT2D eigenvalue weighted by Crippen LogP contribution is -2.49. The summed E-state index contributed by atoms with van der Waals surface area (Å²) < 4.78 is 16.3. The van der Waals surface area contributed by atoms with Gasteiger partial charge in [0.15, 0.2) is 5.65 Å². The predicted molar refractivity (Wildman–Crippen MR) is 136 cm³/mol. The molecular formula is C28H30FN5O. The van der Waals surface area contributed by atoms with Crippen molar-refractivity contribution in [2.75, 3.05) is 31.1 Å². The smallest absolute Gasteiger partial charge is 0.222 e. The Kier molecular flexibility index (Phi) is 6.75. The van der Waals surface area contributed by atoms with Gasteiger partial charge in [-0.1, -0.05) is 42.0 Å². The second-order valence-corrected chi connectivity index (χ2v) is 9.12. The lowest BCUT2D eigenvalue weighted by atomic mass is 10.1. The van der Waals surface area contributed by atoms with Gasteiger partial charge in [-0.2, -0.15) is 0 Å². The van der Waals surface area contributed by atoms with Crippen molar-refractivity contribution in [3.63, 3.8) is 0 Å². The average molecular weight is 472 g/mol. The fourth-order valence-electron chi connectivity index (χ4n) is 4.70. The van der Waals surface area contributed by atoms with Crippen LogP contribution in [0.5, 0.6) is 0 Å². The SMILES string of the molecule is Cc1ccc(Cn2c(CCCC(=O)N3CCN(c4ccccc4F)CC3)nc3cccnc32)cc1. The summed E-state index contributed by atoms with van der Waals surface area (Å²) in [4.78, 5) is 26.2. The van der Waals surface area contributed by atoms with Crippen LogP contribution < -0.4 is 4.90 Å². The van der Waals surface area contributed by atoms with Crippen LogP contribution in [-0.4, -0.2) is 51.5 Å². The fourth-order valence-corrected chi connectivity index (χ4v) is 4.70. The summed E-state index contributed by atoms with van der Waals surface area (Å²) in [5, 5.41) is 0. The highest BCUT2D eigenvalue weighted by atomic mass is 19.1. The van der Waals surface area contributed by atoms with E-state index >= 15 is 0 Å². The van der Waals surface area contributed by atoms with Crippen LogP contribution >= 0.6 is 0 Å². The van der Waals surface area contributed by atoms with Crippen LogP contribution in [-0.2, 0) is 17.8 Å². The number of amides is 1. The van der Waals surface area contributed by atoms with Crippen LogP contribution in [0.2, 0.25) is 0 Å². The van der Waals surface area contributed by atoms with Crippen LogP contribution in [0, 0.1) is 12.7 Å². The molecule has 2 aromatic heterocycles. The van der Waals surface area contributed by atoms with Gasteiger partial charge in [0.05, 0.1) is 12.2 Å². The number of carbonyl (C=O) groups excluding carboxylic acids is 1. The molecule has 1 fully saturated rings. The van der Waals surface area contributed by atoms with Crippen molar-refractivity contribution >= 4 is 22.8 Å². The molecule has 5 rings (SSSR count). The number of halogens is 1. The molecule has 0 N–H and O–H groups in total. The number of fused-ring (bicyclic) bond motifs is 1. The van der Waals surface area contributed by atoms with Crippen LogP contribution in [0.4, 0.5) is 10.1 Å². The molecule has 0 saturated carbocycles. The average Bonchev–Trinajstić information content (AvgIpc) is 3.23. The summed E-state index contributed by atoms with van der Waals surface area (Å²) in [6, 6.07) is 19.2. The third kappa shape index (κ3) is 5.19. The number of anilines is 1. The molecule has 1 amide bonds. The first kappa shape index (κ1) is 23.0. The molecule has 0 atom stereocenters. The molecular weight excluding hydrogens is 441 g/mol. The number of para-hydroxylation sites is 1. The zero-order valence-electron chi connectivity index (χ0n) is 20.0. The molecule has 3 heterocycles. The Bertz CT molecular complexity index is 1310. The number of rotatable bonds is 7. The Balaban J connectivity index is 1.20. The van der Waals surface area contributed by atoms with E-state index < -0.39 is 0 Å². The topological polar surface area (TPSA) is 54.3 Å². The van der Waals surface area contributed by atoms with E-state index in [1.54, 1.807) is 18.3 Å². The van der Waals surface area contributed by atoms with Gasteiger partial charge >= 0.3 is 0 Å². The highest BCUT2D eigenvalue weighted by molar-refractivity contribution is 5.76. The van der Waals surface area contributed by atoms with Gasteiger partial charge in [0.2, 0.25) is 5.91 Å². The molecule has 0 unspecified atom stereocenters. The van der Waals surface area contributed by atoms with Gasteiger partial charge in [-0.15, -0.1) is 0 Å². The molecule has 2 aromatic carbocycles. The first-order valence-corrected chi connectivity index (χ1v) is 12.2. The molecule has 0 radical (unpaired) electrons. The molecule has 7 heteroatoms. The number of imidazole rings is 1. The third-order valence-electron chi connectivity index (χ3n) is 6.66. The minimum atomic E-state index is -0.213. The van der Waals surface area contributed by atoms with Crippen molar-refractivity contribution < 1.29 is 9.18 Å². The zero-order valence-corrected chi connectivity index (χ0v) is 20.0. The Morgan fingerprint density at radius 2 is 1.74 bits per heavy atom. The molecule has 0 bridgehead atoms. The highest BCUT2D eigenvalue weighted by Crippen LogP contribution is 2.21. The van der Waals surface area contributed by atoms with Gasteiger partial charge < -0.3 is 14.4 Å². The molecule has 1 aliphatic rings. The van der Waals surface area contributed by atoms with E-state index in [9.17, 15) is 9.18 Å². The predicted octanol–water partition coefficient (Wildman–Crippen LogP) is 4.60. The fraction of sp³-hybridized carbons (Fsp3) is 0.321. The summed E-state index contributed by atoms with van der Waals surface area (Å²) in [5.74, 6) is 0.893.